The van der Waals surface area contributed by atoms with Crippen LogP contribution in [0.3, 0.4) is 0 Å². The van der Waals surface area contributed by atoms with Gasteiger partial charge in [-0.05, 0) is 26.0 Å². The van der Waals surface area contributed by atoms with Crippen LogP contribution in [0.1, 0.15) is 21.7 Å². The molecule has 3 heterocycles. The van der Waals surface area contributed by atoms with Gasteiger partial charge in [0, 0.05) is 16.6 Å². The summed E-state index contributed by atoms with van der Waals surface area (Å²) in [7, 11) is 0. The number of fused-ring (bicyclic) bond motifs is 1. The fourth-order valence-corrected chi connectivity index (χ4v) is 4.81. The average molecular weight is 369 g/mol. The molecule has 4 rings (SSSR count). The average Bonchev–Trinajstić information content (AvgIpc) is 3.18. The molecule has 1 aliphatic rings. The van der Waals surface area contributed by atoms with E-state index in [0.29, 0.717) is 5.71 Å². The van der Waals surface area contributed by atoms with Crippen molar-refractivity contribution in [3.8, 4) is 0 Å². The Balaban J connectivity index is 1.56. The zero-order chi connectivity index (χ0) is 18.1. The molecule has 0 amide bonds. The number of nitrogens with one attached hydrogen (secondary N) is 2. The topological polar surface area (TPSA) is 42.5 Å². The second-order valence-electron chi connectivity index (χ2n) is 7.16. The molecule has 0 saturated carbocycles. The van der Waals surface area contributed by atoms with Crippen molar-refractivity contribution in [2.75, 3.05) is 32.8 Å². The summed E-state index contributed by atoms with van der Waals surface area (Å²) in [6.45, 7) is 10.4. The third kappa shape index (κ3) is 3.47. The molecule has 0 radical (unpaired) electrons. The van der Waals surface area contributed by atoms with Crippen molar-refractivity contribution in [1.29, 1.82) is 5.41 Å². The number of aryl methyl sites for hydroxylation is 2. The third-order valence-corrected chi connectivity index (χ3v) is 6.44. The van der Waals surface area contributed by atoms with Gasteiger partial charge in [-0.15, -0.1) is 11.3 Å². The van der Waals surface area contributed by atoms with Crippen LogP contribution in [0.15, 0.2) is 36.4 Å². The van der Waals surface area contributed by atoms with Crippen LogP contribution in [0.2, 0.25) is 0 Å². The minimum Gasteiger partial charge on any atom is -0.370 e. The maximum absolute atomic E-state index is 8.58. The third-order valence-electron chi connectivity index (χ3n) is 5.25. The predicted octanol–water partition coefficient (Wildman–Crippen LogP) is 2.65. The highest BCUT2D eigenvalue weighted by Gasteiger charge is 2.17. The minimum atomic E-state index is 0.620. The molecule has 4 nitrogen and oxygen atoms in total. The molecule has 0 bridgehead atoms. The SMILES string of the molecule is Cc1ccc(C(=N)c2cc3cc(C)n(CC[NH+]4CCOCC4)c3s2)cc1. The largest absolute Gasteiger partial charge is 0.370 e. The van der Waals surface area contributed by atoms with E-state index in [-0.39, 0.29) is 0 Å². The first-order valence-electron chi connectivity index (χ1n) is 9.29. The number of hydrogen-bond acceptors (Lipinski definition) is 3. The van der Waals surface area contributed by atoms with E-state index in [1.807, 2.05) is 12.1 Å². The summed E-state index contributed by atoms with van der Waals surface area (Å²) < 4.78 is 7.89. The van der Waals surface area contributed by atoms with Crippen molar-refractivity contribution in [2.24, 2.45) is 0 Å². The summed E-state index contributed by atoms with van der Waals surface area (Å²) in [5, 5.41) is 9.84. The number of aromatic nitrogens is 1. The summed E-state index contributed by atoms with van der Waals surface area (Å²) in [6, 6.07) is 12.7. The molecular formula is C21H26N3OS+. The van der Waals surface area contributed by atoms with Gasteiger partial charge < -0.3 is 14.2 Å². The summed E-state index contributed by atoms with van der Waals surface area (Å²) in [4.78, 5) is 3.97. The molecule has 1 aliphatic heterocycles. The molecule has 2 N–H and O–H groups in total. The molecule has 1 saturated heterocycles. The Morgan fingerprint density at radius 2 is 1.88 bits per heavy atom. The number of nitrogens with zero attached hydrogens (tertiary/aromatic N) is 1. The first-order valence-corrected chi connectivity index (χ1v) is 10.1. The summed E-state index contributed by atoms with van der Waals surface area (Å²) in [5.41, 5.74) is 4.15. The smallest absolute Gasteiger partial charge is 0.103 e. The maximum atomic E-state index is 8.58. The first kappa shape index (κ1) is 17.5. The number of thiophene rings is 1. The van der Waals surface area contributed by atoms with E-state index >= 15 is 0 Å². The fourth-order valence-electron chi connectivity index (χ4n) is 3.62. The Morgan fingerprint density at radius 1 is 1.15 bits per heavy atom. The second kappa shape index (κ2) is 7.35. The molecule has 3 aromatic rings. The lowest BCUT2D eigenvalue weighted by molar-refractivity contribution is -0.908. The Morgan fingerprint density at radius 3 is 2.62 bits per heavy atom. The Kier molecular flexibility index (Phi) is 4.94. The highest BCUT2D eigenvalue weighted by Crippen LogP contribution is 2.30. The minimum absolute atomic E-state index is 0.620. The molecule has 0 unspecified atom stereocenters. The van der Waals surface area contributed by atoms with Crippen molar-refractivity contribution < 1.29 is 9.64 Å². The standard InChI is InChI=1S/C21H25N3OS/c1-15-3-5-17(6-4-15)20(22)19-14-18-13-16(2)24(21(18)26-19)8-7-23-9-11-25-12-10-23/h3-6,13-14,22H,7-12H2,1-2H3/p+1. The van der Waals surface area contributed by atoms with Gasteiger partial charge in [-0.1, -0.05) is 29.8 Å². The van der Waals surface area contributed by atoms with Gasteiger partial charge in [0.1, 0.15) is 17.9 Å². The van der Waals surface area contributed by atoms with Gasteiger partial charge >= 0.3 is 0 Å². The van der Waals surface area contributed by atoms with Gasteiger partial charge in [-0.2, -0.15) is 0 Å². The number of ether oxygens (including phenoxy) is 1. The number of benzene rings is 1. The molecule has 26 heavy (non-hydrogen) atoms. The molecule has 0 atom stereocenters. The fraction of sp³-hybridized carbons (Fsp3) is 0.381. The summed E-state index contributed by atoms with van der Waals surface area (Å²) >= 11 is 1.74. The van der Waals surface area contributed by atoms with Gasteiger partial charge in [-0.25, -0.2) is 0 Å². The van der Waals surface area contributed by atoms with E-state index in [9.17, 15) is 0 Å². The molecule has 136 valence electrons. The quantitative estimate of drug-likeness (QED) is 0.668. The summed E-state index contributed by atoms with van der Waals surface area (Å²) in [5.74, 6) is 0. The lowest BCUT2D eigenvalue weighted by atomic mass is 10.1. The van der Waals surface area contributed by atoms with Crippen LogP contribution in [-0.4, -0.2) is 43.1 Å². The highest BCUT2D eigenvalue weighted by molar-refractivity contribution is 7.20. The van der Waals surface area contributed by atoms with Gasteiger partial charge in [-0.3, -0.25) is 5.41 Å². The number of quaternary nitrogens is 1. The number of hydrogen-bond donors (Lipinski definition) is 2. The predicted molar refractivity (Wildman–Crippen MR) is 108 cm³/mol. The summed E-state index contributed by atoms with van der Waals surface area (Å²) in [6.07, 6.45) is 0. The van der Waals surface area contributed by atoms with Crippen LogP contribution in [0.4, 0.5) is 0 Å². The Hall–Kier alpha value is -1.95. The van der Waals surface area contributed by atoms with Crippen LogP contribution in [0.5, 0.6) is 0 Å². The van der Waals surface area contributed by atoms with Gasteiger partial charge in [0.05, 0.1) is 36.9 Å². The van der Waals surface area contributed by atoms with E-state index < -0.39 is 0 Å². The molecule has 2 aromatic heterocycles. The van der Waals surface area contributed by atoms with E-state index in [1.54, 1.807) is 16.2 Å². The van der Waals surface area contributed by atoms with Gasteiger partial charge in [0.2, 0.25) is 0 Å². The molecule has 1 fully saturated rings. The van der Waals surface area contributed by atoms with Crippen molar-refractivity contribution in [3.63, 3.8) is 0 Å². The van der Waals surface area contributed by atoms with Gasteiger partial charge in [0.25, 0.3) is 0 Å². The van der Waals surface area contributed by atoms with Crippen molar-refractivity contribution in [1.82, 2.24) is 4.57 Å². The molecule has 0 aliphatic carbocycles. The molecule has 1 aromatic carbocycles. The van der Waals surface area contributed by atoms with Crippen molar-refractivity contribution in [2.45, 2.75) is 20.4 Å². The van der Waals surface area contributed by atoms with Crippen molar-refractivity contribution in [3.05, 3.63) is 58.1 Å². The maximum Gasteiger partial charge on any atom is 0.103 e. The molecule has 5 heteroatoms. The Labute approximate surface area is 158 Å². The first-order chi connectivity index (χ1) is 12.6. The molecule has 0 spiro atoms. The van der Waals surface area contributed by atoms with E-state index in [1.165, 1.54) is 21.5 Å². The number of morpholine rings is 1. The molecular weight excluding hydrogens is 342 g/mol. The lowest BCUT2D eigenvalue weighted by Crippen LogP contribution is -3.14. The monoisotopic (exact) mass is 368 g/mol. The van der Waals surface area contributed by atoms with Crippen LogP contribution in [-0.2, 0) is 11.3 Å². The lowest BCUT2D eigenvalue weighted by Gasteiger charge is -2.24. The van der Waals surface area contributed by atoms with Crippen LogP contribution >= 0.6 is 11.3 Å². The zero-order valence-electron chi connectivity index (χ0n) is 15.5. The normalized spacial score (nSPS) is 15.6. The van der Waals surface area contributed by atoms with Gasteiger partial charge in [0.15, 0.2) is 0 Å². The van der Waals surface area contributed by atoms with Crippen LogP contribution in [0.25, 0.3) is 10.2 Å². The van der Waals surface area contributed by atoms with Crippen molar-refractivity contribution >= 4 is 27.3 Å². The Bertz CT molecular complexity index is 917. The number of rotatable bonds is 5. The van der Waals surface area contributed by atoms with E-state index in [4.69, 9.17) is 10.1 Å². The van der Waals surface area contributed by atoms with Crippen LogP contribution < -0.4 is 4.90 Å². The second-order valence-corrected chi connectivity index (χ2v) is 8.19. The highest BCUT2D eigenvalue weighted by atomic mass is 32.1. The zero-order valence-corrected chi connectivity index (χ0v) is 16.3. The van der Waals surface area contributed by atoms with Crippen LogP contribution in [0, 0.1) is 19.3 Å². The van der Waals surface area contributed by atoms with E-state index in [2.05, 4.69) is 42.7 Å². The van der Waals surface area contributed by atoms with E-state index in [0.717, 1.165) is 49.8 Å².